The summed E-state index contributed by atoms with van der Waals surface area (Å²) in [4.78, 5) is 24.4. The Kier molecular flexibility index (Phi) is 8.56. The van der Waals surface area contributed by atoms with Crippen molar-refractivity contribution in [2.75, 3.05) is 44.3 Å². The molecule has 0 bridgehead atoms. The topological polar surface area (TPSA) is 96.6 Å². The van der Waals surface area contributed by atoms with E-state index in [2.05, 4.69) is 10.1 Å². The maximum absolute atomic E-state index is 15.3. The van der Waals surface area contributed by atoms with Crippen LogP contribution in [0.25, 0.3) is 33.4 Å². The molecule has 0 atom stereocenters. The molecule has 0 unspecified atom stereocenters. The van der Waals surface area contributed by atoms with Gasteiger partial charge in [-0.05, 0) is 48.7 Å². The van der Waals surface area contributed by atoms with Crippen LogP contribution in [0.4, 0.5) is 23.2 Å². The number of rotatable bonds is 8. The van der Waals surface area contributed by atoms with Crippen LogP contribution < -0.4 is 4.90 Å². The molecule has 9 nitrogen and oxygen atoms in total. The maximum Gasteiger partial charge on any atom is 0.379 e. The van der Waals surface area contributed by atoms with E-state index in [-0.39, 0.29) is 18.2 Å². The average molecular weight is 661 g/mol. The minimum Gasteiger partial charge on any atom is -0.477 e. The third-order valence-electron chi connectivity index (χ3n) is 9.09. The highest BCUT2D eigenvalue weighted by Gasteiger charge is 2.41. The second-order valence-corrected chi connectivity index (χ2v) is 12.1. The zero-order chi connectivity index (χ0) is 33.4. The first-order valence-corrected chi connectivity index (χ1v) is 15.7. The van der Waals surface area contributed by atoms with Gasteiger partial charge in [0.1, 0.15) is 11.6 Å². The van der Waals surface area contributed by atoms with Crippen molar-refractivity contribution in [2.45, 2.75) is 31.4 Å². The number of morpholine rings is 1. The maximum atomic E-state index is 15.3. The van der Waals surface area contributed by atoms with Gasteiger partial charge in [0.25, 0.3) is 0 Å². The van der Waals surface area contributed by atoms with Gasteiger partial charge in [0, 0.05) is 66.9 Å². The number of para-hydroxylation sites is 1. The van der Waals surface area contributed by atoms with Crippen molar-refractivity contribution < 1.29 is 32.2 Å². The van der Waals surface area contributed by atoms with E-state index < -0.39 is 29.1 Å². The molecule has 5 aromatic rings. The molecule has 0 radical (unpaired) electrons. The summed E-state index contributed by atoms with van der Waals surface area (Å²) in [6.45, 7) is 3.62. The van der Waals surface area contributed by atoms with Gasteiger partial charge in [-0.1, -0.05) is 24.3 Å². The zero-order valence-electron chi connectivity index (χ0n) is 25.8. The molecule has 3 aromatic carbocycles. The lowest BCUT2D eigenvalue weighted by atomic mass is 10.0. The van der Waals surface area contributed by atoms with Crippen molar-refractivity contribution >= 4 is 22.7 Å². The van der Waals surface area contributed by atoms with E-state index in [9.17, 15) is 13.6 Å². The number of nitrogens with zero attached hydrogens (tertiary/aromatic N) is 6. The number of aliphatic carboxylic acids is 1. The van der Waals surface area contributed by atoms with Gasteiger partial charge in [-0.2, -0.15) is 13.9 Å². The number of anilines is 1. The van der Waals surface area contributed by atoms with Crippen molar-refractivity contribution in [1.82, 2.24) is 24.6 Å². The van der Waals surface area contributed by atoms with E-state index in [1.165, 1.54) is 24.3 Å². The van der Waals surface area contributed by atoms with Crippen LogP contribution in [0.1, 0.15) is 30.0 Å². The molecule has 1 N–H and O–H groups in total. The Morgan fingerprint density at radius 1 is 0.938 bits per heavy atom. The smallest absolute Gasteiger partial charge is 0.379 e. The third-order valence-corrected chi connectivity index (χ3v) is 9.09. The molecule has 2 saturated heterocycles. The van der Waals surface area contributed by atoms with Crippen LogP contribution in [0.3, 0.4) is 0 Å². The summed E-state index contributed by atoms with van der Waals surface area (Å²) >= 11 is 0. The summed E-state index contributed by atoms with van der Waals surface area (Å²) in [6, 6.07) is 13.6. The minimum atomic E-state index is -3.97. The normalized spacial score (nSPS) is 16.5. The van der Waals surface area contributed by atoms with Gasteiger partial charge >= 0.3 is 11.9 Å². The van der Waals surface area contributed by atoms with Crippen molar-refractivity contribution in [2.24, 2.45) is 0 Å². The van der Waals surface area contributed by atoms with Gasteiger partial charge < -0.3 is 14.7 Å². The molecule has 4 heterocycles. The first-order valence-electron chi connectivity index (χ1n) is 15.7. The lowest BCUT2D eigenvalue weighted by Gasteiger charge is -2.34. The van der Waals surface area contributed by atoms with Gasteiger partial charge in [-0.15, -0.1) is 0 Å². The number of carbonyl (C=O) groups is 1. The molecule has 13 heteroatoms. The number of aromatic nitrogens is 4. The number of piperidine rings is 1. The molecule has 2 aromatic heterocycles. The standard InChI is InChI=1S/C35H32F4N6O3/c36-29-15-22(16-30(37)28(29)21-43-11-13-48-14-12-43)27-5-2-6-31-33(27)42-32(19-40-31)23-18-41-45(20-23)25-7-9-44(10-8-25)26-4-1-3-24(17-26)35(38,39)34(46)47/h1-6,15-20,25H,7-14,21H2,(H,46,47). The van der Waals surface area contributed by atoms with Gasteiger partial charge in [-0.3, -0.25) is 14.6 Å². The predicted molar refractivity (Wildman–Crippen MR) is 171 cm³/mol. The highest BCUT2D eigenvalue weighted by molar-refractivity contribution is 5.92. The number of fused-ring (bicyclic) bond motifs is 1. The van der Waals surface area contributed by atoms with Crippen molar-refractivity contribution in [3.05, 3.63) is 95.9 Å². The number of halogens is 4. The van der Waals surface area contributed by atoms with E-state index in [1.54, 1.807) is 36.7 Å². The van der Waals surface area contributed by atoms with E-state index in [0.717, 1.165) is 11.6 Å². The number of hydrogen-bond donors (Lipinski definition) is 1. The SMILES string of the molecule is O=C(O)C(F)(F)c1cccc(N2CCC(n3cc(-c4cnc5cccc(-c6cc(F)c(CN7CCOCC7)c(F)c6)c5n4)cn3)CC2)c1. The molecular formula is C35H32F4N6O3. The molecule has 248 valence electrons. The fourth-order valence-electron chi connectivity index (χ4n) is 6.38. The fourth-order valence-corrected chi connectivity index (χ4v) is 6.38. The number of carboxylic acid groups (broad SMARTS) is 1. The Bertz CT molecular complexity index is 1950. The Labute approximate surface area is 273 Å². The van der Waals surface area contributed by atoms with Gasteiger partial charge in [-0.25, -0.2) is 18.6 Å². The summed E-state index contributed by atoms with van der Waals surface area (Å²) in [7, 11) is 0. The number of benzene rings is 3. The second kappa shape index (κ2) is 13.0. The third kappa shape index (κ3) is 6.22. The quantitative estimate of drug-likeness (QED) is 0.194. The Hall–Kier alpha value is -4.88. The highest BCUT2D eigenvalue weighted by atomic mass is 19.3. The average Bonchev–Trinajstić information content (AvgIpc) is 3.60. The number of hydrogen-bond acceptors (Lipinski definition) is 7. The Morgan fingerprint density at radius 3 is 2.40 bits per heavy atom. The minimum absolute atomic E-state index is 0.0270. The van der Waals surface area contributed by atoms with Gasteiger partial charge in [0.2, 0.25) is 0 Å². The fraction of sp³-hybridized carbons (Fsp3) is 0.314. The second-order valence-electron chi connectivity index (χ2n) is 12.1. The van der Waals surface area contributed by atoms with Gasteiger partial charge in [0.05, 0.1) is 48.4 Å². The number of carboxylic acids is 1. The van der Waals surface area contributed by atoms with Crippen molar-refractivity contribution in [1.29, 1.82) is 0 Å². The summed E-state index contributed by atoms with van der Waals surface area (Å²) in [5.74, 6) is -7.38. The van der Waals surface area contributed by atoms with Crippen LogP contribution in [0, 0.1) is 11.6 Å². The molecule has 2 aliphatic rings. The van der Waals surface area contributed by atoms with Crippen molar-refractivity contribution in [3.63, 3.8) is 0 Å². The van der Waals surface area contributed by atoms with Gasteiger partial charge in [0.15, 0.2) is 0 Å². The van der Waals surface area contributed by atoms with Crippen LogP contribution in [-0.4, -0.2) is 75.1 Å². The van der Waals surface area contributed by atoms with Crippen LogP contribution in [0.5, 0.6) is 0 Å². The monoisotopic (exact) mass is 660 g/mol. The first-order chi connectivity index (χ1) is 23.2. The molecule has 0 aliphatic carbocycles. The highest BCUT2D eigenvalue weighted by Crippen LogP contribution is 2.34. The molecule has 2 aliphatic heterocycles. The van der Waals surface area contributed by atoms with Crippen LogP contribution in [0.2, 0.25) is 0 Å². The molecule has 2 fully saturated rings. The first kappa shape index (κ1) is 31.7. The summed E-state index contributed by atoms with van der Waals surface area (Å²) in [5, 5.41) is 13.5. The van der Waals surface area contributed by atoms with Crippen molar-refractivity contribution in [3.8, 4) is 22.4 Å². The lowest BCUT2D eigenvalue weighted by molar-refractivity contribution is -0.166. The molecule has 0 amide bonds. The number of alkyl halides is 2. The van der Waals surface area contributed by atoms with Crippen LogP contribution >= 0.6 is 0 Å². The van der Waals surface area contributed by atoms with E-state index >= 15 is 8.78 Å². The number of ether oxygens (including phenoxy) is 1. The molecule has 48 heavy (non-hydrogen) atoms. The zero-order valence-corrected chi connectivity index (χ0v) is 25.8. The van der Waals surface area contributed by atoms with Crippen LogP contribution in [-0.2, 0) is 22.0 Å². The predicted octanol–water partition coefficient (Wildman–Crippen LogP) is 6.29. The largest absolute Gasteiger partial charge is 0.477 e. The van der Waals surface area contributed by atoms with E-state index in [0.29, 0.717) is 85.8 Å². The van der Waals surface area contributed by atoms with E-state index in [4.69, 9.17) is 14.8 Å². The van der Waals surface area contributed by atoms with Crippen LogP contribution in [0.15, 0.2) is 73.2 Å². The summed E-state index contributed by atoms with van der Waals surface area (Å²) in [6.07, 6.45) is 6.59. The Morgan fingerprint density at radius 2 is 1.67 bits per heavy atom. The lowest BCUT2D eigenvalue weighted by Crippen LogP contribution is -2.36. The summed E-state index contributed by atoms with van der Waals surface area (Å²) in [5.41, 5.74) is 3.31. The molecule has 0 spiro atoms. The Balaban J connectivity index is 1.09. The van der Waals surface area contributed by atoms with E-state index in [1.807, 2.05) is 20.7 Å². The molecule has 0 saturated carbocycles. The molecular weight excluding hydrogens is 628 g/mol. The summed E-state index contributed by atoms with van der Waals surface area (Å²) < 4.78 is 66.0. The molecule has 7 rings (SSSR count).